The van der Waals surface area contributed by atoms with E-state index in [-0.39, 0.29) is 5.78 Å². The van der Waals surface area contributed by atoms with Gasteiger partial charge in [-0.3, -0.25) is 4.79 Å². The van der Waals surface area contributed by atoms with E-state index in [1.54, 1.807) is 0 Å². The number of fused-ring (bicyclic) bond motifs is 4. The van der Waals surface area contributed by atoms with Crippen molar-refractivity contribution >= 4 is 50.5 Å². The van der Waals surface area contributed by atoms with Gasteiger partial charge in [0.2, 0.25) is 0 Å². The molecule has 6 heteroatoms. The van der Waals surface area contributed by atoms with Crippen LogP contribution in [0, 0.1) is 13.8 Å². The third kappa shape index (κ3) is 3.85. The van der Waals surface area contributed by atoms with Crippen molar-refractivity contribution in [2.75, 3.05) is 20.6 Å². The lowest BCUT2D eigenvalue weighted by molar-refractivity contribution is -0.119. The molecule has 0 spiro atoms. The number of rotatable bonds is 6. The largest absolute Gasteiger partial charge is 0.316 e. The van der Waals surface area contributed by atoms with Crippen LogP contribution in [0.2, 0.25) is 5.02 Å². The van der Waals surface area contributed by atoms with E-state index < -0.39 is 0 Å². The zero-order valence-electron chi connectivity index (χ0n) is 17.3. The summed E-state index contributed by atoms with van der Waals surface area (Å²) in [5.41, 5.74) is 6.53. The topological polar surface area (TPSA) is 51.0 Å². The maximum absolute atomic E-state index is 12.7. The zero-order valence-corrected chi connectivity index (χ0v) is 18.0. The minimum Gasteiger partial charge on any atom is -0.316 e. The first-order valence-electron chi connectivity index (χ1n) is 9.86. The van der Waals surface area contributed by atoms with Gasteiger partial charge in [-0.2, -0.15) is 0 Å². The Morgan fingerprint density at radius 2 is 1.76 bits per heavy atom. The number of benzene rings is 2. The highest BCUT2D eigenvalue weighted by Crippen LogP contribution is 2.31. The van der Waals surface area contributed by atoms with Gasteiger partial charge in [-0.05, 0) is 82.4 Å². The van der Waals surface area contributed by atoms with E-state index in [9.17, 15) is 4.79 Å². The van der Waals surface area contributed by atoms with Gasteiger partial charge >= 0.3 is 0 Å². The Labute approximate surface area is 175 Å². The summed E-state index contributed by atoms with van der Waals surface area (Å²) < 4.78 is 1.99. The molecule has 0 radical (unpaired) electrons. The van der Waals surface area contributed by atoms with Gasteiger partial charge in [-0.15, -0.1) is 0 Å². The van der Waals surface area contributed by atoms with Gasteiger partial charge in [0.1, 0.15) is 5.52 Å². The molecule has 0 saturated heterocycles. The minimum atomic E-state index is 0.197. The number of aryl methyl sites for hydroxylation is 2. The molecule has 2 aromatic carbocycles. The number of Topliss-reactive ketones (excluding diaryl/α,β-unsaturated/α-hetero) is 1. The van der Waals surface area contributed by atoms with Crippen molar-refractivity contribution in [1.29, 1.82) is 0 Å². The van der Waals surface area contributed by atoms with Gasteiger partial charge in [0.05, 0.1) is 23.1 Å². The van der Waals surface area contributed by atoms with Crippen molar-refractivity contribution in [2.24, 2.45) is 0 Å². The maximum Gasteiger partial charge on any atom is 0.160 e. The van der Waals surface area contributed by atoms with Crippen molar-refractivity contribution in [3.63, 3.8) is 0 Å². The molecule has 2 heterocycles. The number of nitrogens with zero attached hydrogens (tertiary/aromatic N) is 4. The molecular formula is C23H25ClN4O. The molecule has 150 valence electrons. The summed E-state index contributed by atoms with van der Waals surface area (Å²) in [5.74, 6) is 0.197. The smallest absolute Gasteiger partial charge is 0.160 e. The summed E-state index contributed by atoms with van der Waals surface area (Å²) in [5, 5.41) is 1.58. The number of hydrogen-bond acceptors (Lipinski definition) is 4. The number of aromatic nitrogens is 3. The van der Waals surface area contributed by atoms with Crippen LogP contribution in [0.1, 0.15) is 24.0 Å². The van der Waals surface area contributed by atoms with Crippen molar-refractivity contribution in [1.82, 2.24) is 19.4 Å². The standard InChI is InChI=1S/C23H25ClN4O/c1-14-10-19-20(11-15(14)2)26-23-22(25-19)18-12-16(24)7-8-21(18)28(23)13-17(29)6-5-9-27(3)4/h7-8,10-12H,5-6,9,13H2,1-4H3. The van der Waals surface area contributed by atoms with Gasteiger partial charge in [0.25, 0.3) is 0 Å². The summed E-state index contributed by atoms with van der Waals surface area (Å²) in [7, 11) is 4.04. The molecule has 5 nitrogen and oxygen atoms in total. The van der Waals surface area contributed by atoms with Gasteiger partial charge in [0, 0.05) is 16.8 Å². The monoisotopic (exact) mass is 408 g/mol. The average molecular weight is 409 g/mol. The van der Waals surface area contributed by atoms with Crippen molar-refractivity contribution in [3.05, 3.63) is 46.5 Å². The first-order valence-corrected chi connectivity index (χ1v) is 10.2. The summed E-state index contributed by atoms with van der Waals surface area (Å²) in [4.78, 5) is 24.6. The Morgan fingerprint density at radius 1 is 1.07 bits per heavy atom. The van der Waals surface area contributed by atoms with Gasteiger partial charge in [0.15, 0.2) is 11.4 Å². The molecule has 0 aliphatic carbocycles. The first kappa shape index (κ1) is 19.8. The number of carbonyl (C=O) groups excluding carboxylic acids is 1. The lowest BCUT2D eigenvalue weighted by atomic mass is 10.1. The van der Waals surface area contributed by atoms with Crippen LogP contribution in [-0.2, 0) is 11.3 Å². The highest BCUT2D eigenvalue weighted by atomic mass is 35.5. The Balaban J connectivity index is 1.85. The molecule has 0 amide bonds. The molecule has 0 atom stereocenters. The number of carbonyl (C=O) groups is 1. The summed E-state index contributed by atoms with van der Waals surface area (Å²) in [6, 6.07) is 9.84. The van der Waals surface area contributed by atoms with Crippen molar-refractivity contribution in [3.8, 4) is 0 Å². The molecule has 0 unspecified atom stereocenters. The maximum atomic E-state index is 12.7. The quantitative estimate of drug-likeness (QED) is 0.454. The van der Waals surface area contributed by atoms with E-state index in [1.807, 2.05) is 36.9 Å². The highest BCUT2D eigenvalue weighted by molar-refractivity contribution is 6.31. The molecule has 0 saturated carbocycles. The van der Waals surface area contributed by atoms with Crippen LogP contribution >= 0.6 is 11.6 Å². The fraction of sp³-hybridized carbons (Fsp3) is 0.348. The highest BCUT2D eigenvalue weighted by Gasteiger charge is 2.17. The van der Waals surface area contributed by atoms with Gasteiger partial charge < -0.3 is 9.47 Å². The number of halogens is 1. The zero-order chi connectivity index (χ0) is 20.7. The Hall–Kier alpha value is -2.50. The van der Waals surface area contributed by atoms with Crippen molar-refractivity contribution in [2.45, 2.75) is 33.2 Å². The van der Waals surface area contributed by atoms with E-state index in [0.29, 0.717) is 18.0 Å². The second-order valence-electron chi connectivity index (χ2n) is 8.01. The summed E-state index contributed by atoms with van der Waals surface area (Å²) >= 11 is 6.27. The summed E-state index contributed by atoms with van der Waals surface area (Å²) in [6.07, 6.45) is 1.40. The van der Waals surface area contributed by atoms with Gasteiger partial charge in [-0.1, -0.05) is 11.6 Å². The van der Waals surface area contributed by atoms with Crippen molar-refractivity contribution < 1.29 is 4.79 Å². The molecule has 0 aliphatic rings. The van der Waals surface area contributed by atoms with E-state index in [0.717, 1.165) is 46.1 Å². The van der Waals surface area contributed by atoms with Crippen LogP contribution in [0.4, 0.5) is 0 Å². The molecular weight excluding hydrogens is 384 g/mol. The van der Waals surface area contributed by atoms with Crippen LogP contribution in [0.15, 0.2) is 30.3 Å². The van der Waals surface area contributed by atoms with Crippen LogP contribution in [0.25, 0.3) is 33.1 Å². The Kier molecular flexibility index (Phi) is 5.28. The van der Waals surface area contributed by atoms with E-state index >= 15 is 0 Å². The Morgan fingerprint density at radius 3 is 2.45 bits per heavy atom. The fourth-order valence-electron chi connectivity index (χ4n) is 3.73. The van der Waals surface area contributed by atoms with Crippen LogP contribution < -0.4 is 0 Å². The SMILES string of the molecule is Cc1cc2nc3c4cc(Cl)ccc4n(CC(=O)CCCN(C)C)c3nc2cc1C. The lowest BCUT2D eigenvalue weighted by Crippen LogP contribution is -2.16. The van der Waals surface area contributed by atoms with Crippen LogP contribution in [0.5, 0.6) is 0 Å². The van der Waals surface area contributed by atoms with Crippen LogP contribution in [0.3, 0.4) is 0 Å². The van der Waals surface area contributed by atoms with E-state index in [4.69, 9.17) is 21.6 Å². The molecule has 0 aliphatic heterocycles. The van der Waals surface area contributed by atoms with Gasteiger partial charge in [-0.25, -0.2) is 9.97 Å². The molecule has 4 aromatic rings. The normalized spacial score (nSPS) is 11.9. The molecule has 29 heavy (non-hydrogen) atoms. The molecule has 2 aromatic heterocycles. The van der Waals surface area contributed by atoms with Crippen LogP contribution in [-0.4, -0.2) is 45.9 Å². The number of ketones is 1. The third-order valence-corrected chi connectivity index (χ3v) is 5.65. The predicted molar refractivity (Wildman–Crippen MR) is 120 cm³/mol. The van der Waals surface area contributed by atoms with E-state index in [1.165, 1.54) is 11.1 Å². The second-order valence-corrected chi connectivity index (χ2v) is 8.45. The fourth-order valence-corrected chi connectivity index (χ4v) is 3.90. The Bertz CT molecular complexity index is 1240. The molecule has 0 fully saturated rings. The third-order valence-electron chi connectivity index (χ3n) is 5.42. The number of hydrogen-bond donors (Lipinski definition) is 0. The molecule has 4 rings (SSSR count). The molecule has 0 bridgehead atoms. The summed E-state index contributed by atoms with van der Waals surface area (Å²) in [6.45, 7) is 5.34. The van der Waals surface area contributed by atoms with E-state index in [2.05, 4.69) is 30.9 Å². The average Bonchev–Trinajstić information content (AvgIpc) is 2.93. The minimum absolute atomic E-state index is 0.197. The first-order chi connectivity index (χ1) is 13.8. The predicted octanol–water partition coefficient (Wildman–Crippen LogP) is 4.92. The second kappa shape index (κ2) is 7.73. The lowest BCUT2D eigenvalue weighted by Gasteiger charge is -2.10. The molecule has 0 N–H and O–H groups in total.